The van der Waals surface area contributed by atoms with Crippen LogP contribution in [0.4, 0.5) is 0 Å². The van der Waals surface area contributed by atoms with Crippen LogP contribution < -0.4 is 14.4 Å². The number of carbonyl (C=O) groups is 1. The number of hydrogen-bond donors (Lipinski definition) is 1. The zero-order chi connectivity index (χ0) is 19.2. The van der Waals surface area contributed by atoms with Crippen molar-refractivity contribution >= 4 is 40.3 Å². The van der Waals surface area contributed by atoms with E-state index in [1.54, 1.807) is 25.2 Å². The molecule has 2 saturated heterocycles. The molecule has 0 unspecified atom stereocenters. The lowest BCUT2D eigenvalue weighted by Crippen LogP contribution is -3.14. The molecule has 6 nitrogen and oxygen atoms in total. The fraction of sp³-hybridized carbons (Fsp3) is 0.474. The largest absolute Gasteiger partial charge is 0.497 e. The fourth-order valence-corrected chi connectivity index (χ4v) is 4.47. The first-order chi connectivity index (χ1) is 13.1. The van der Waals surface area contributed by atoms with E-state index in [9.17, 15) is 4.79 Å². The van der Waals surface area contributed by atoms with Crippen molar-refractivity contribution < 1.29 is 23.9 Å². The molecule has 0 aliphatic carbocycles. The molecule has 0 bridgehead atoms. The van der Waals surface area contributed by atoms with Gasteiger partial charge in [0.15, 0.2) is 0 Å². The molecule has 0 radical (unpaired) electrons. The number of nitrogens with zero attached hydrogens (tertiary/aromatic N) is 1. The third-order valence-electron chi connectivity index (χ3n) is 4.71. The van der Waals surface area contributed by atoms with Crippen molar-refractivity contribution in [2.24, 2.45) is 0 Å². The highest BCUT2D eigenvalue weighted by atomic mass is 32.2. The Morgan fingerprint density at radius 1 is 1.30 bits per heavy atom. The Bertz CT molecular complexity index is 732. The van der Waals surface area contributed by atoms with Gasteiger partial charge in [0.2, 0.25) is 0 Å². The third kappa shape index (κ3) is 5.01. The summed E-state index contributed by atoms with van der Waals surface area (Å²) < 4.78 is 16.6. The van der Waals surface area contributed by atoms with Gasteiger partial charge in [0.25, 0.3) is 5.91 Å². The van der Waals surface area contributed by atoms with Crippen LogP contribution in [0.15, 0.2) is 23.1 Å². The van der Waals surface area contributed by atoms with Crippen molar-refractivity contribution in [3.8, 4) is 11.5 Å². The van der Waals surface area contributed by atoms with Crippen LogP contribution in [0.25, 0.3) is 6.08 Å². The summed E-state index contributed by atoms with van der Waals surface area (Å²) in [6.45, 7) is 5.41. The lowest BCUT2D eigenvalue weighted by Gasteiger charge is -2.24. The molecule has 2 fully saturated rings. The van der Waals surface area contributed by atoms with E-state index in [0.717, 1.165) is 44.8 Å². The zero-order valence-corrected chi connectivity index (χ0v) is 17.3. The lowest BCUT2D eigenvalue weighted by molar-refractivity contribution is -0.908. The maximum atomic E-state index is 12.8. The normalized spacial score (nSPS) is 19.8. The molecule has 2 aliphatic heterocycles. The number of benzene rings is 1. The quantitative estimate of drug-likeness (QED) is 0.540. The molecule has 1 N–H and O–H groups in total. The van der Waals surface area contributed by atoms with Crippen molar-refractivity contribution in [1.29, 1.82) is 0 Å². The van der Waals surface area contributed by atoms with Gasteiger partial charge in [-0.1, -0.05) is 24.0 Å². The number of rotatable bonds is 7. The monoisotopic (exact) mass is 409 g/mol. The number of carbonyl (C=O) groups excluding carboxylic acids is 1. The van der Waals surface area contributed by atoms with Crippen LogP contribution in [0.2, 0.25) is 0 Å². The van der Waals surface area contributed by atoms with E-state index in [-0.39, 0.29) is 5.91 Å². The summed E-state index contributed by atoms with van der Waals surface area (Å²) in [7, 11) is 3.21. The molecule has 27 heavy (non-hydrogen) atoms. The van der Waals surface area contributed by atoms with E-state index < -0.39 is 0 Å². The van der Waals surface area contributed by atoms with E-state index in [0.29, 0.717) is 27.3 Å². The Balaban J connectivity index is 1.63. The maximum absolute atomic E-state index is 12.8. The van der Waals surface area contributed by atoms with E-state index in [1.165, 1.54) is 16.7 Å². The van der Waals surface area contributed by atoms with Crippen LogP contribution in [-0.4, -0.2) is 68.7 Å². The molecule has 1 aromatic rings. The van der Waals surface area contributed by atoms with Gasteiger partial charge >= 0.3 is 0 Å². The molecular weight excluding hydrogens is 384 g/mol. The molecule has 2 heterocycles. The molecule has 0 atom stereocenters. The van der Waals surface area contributed by atoms with Gasteiger partial charge in [-0.05, 0) is 18.2 Å². The van der Waals surface area contributed by atoms with Crippen LogP contribution in [0.1, 0.15) is 12.0 Å². The van der Waals surface area contributed by atoms with E-state index in [1.807, 2.05) is 18.2 Å². The van der Waals surface area contributed by atoms with E-state index in [2.05, 4.69) is 0 Å². The van der Waals surface area contributed by atoms with Gasteiger partial charge in [-0.3, -0.25) is 9.69 Å². The van der Waals surface area contributed by atoms with Gasteiger partial charge in [-0.25, -0.2) is 0 Å². The summed E-state index contributed by atoms with van der Waals surface area (Å²) in [4.78, 5) is 16.7. The predicted molar refractivity (Wildman–Crippen MR) is 110 cm³/mol. The second-order valence-corrected chi connectivity index (χ2v) is 8.08. The minimum atomic E-state index is -0.0279. The number of hydrogen-bond acceptors (Lipinski definition) is 6. The minimum absolute atomic E-state index is 0.0279. The van der Waals surface area contributed by atoms with Gasteiger partial charge in [0.1, 0.15) is 28.9 Å². The number of amides is 1. The first-order valence-corrected chi connectivity index (χ1v) is 10.2. The molecule has 8 heteroatoms. The average Bonchev–Trinajstić information content (AvgIpc) is 2.96. The molecular formula is C19H25N2O4S2+. The van der Waals surface area contributed by atoms with Gasteiger partial charge in [-0.2, -0.15) is 0 Å². The zero-order valence-electron chi connectivity index (χ0n) is 15.7. The summed E-state index contributed by atoms with van der Waals surface area (Å²) in [5.41, 5.74) is 0.830. The average molecular weight is 410 g/mol. The number of morpholine rings is 1. The molecule has 0 saturated carbocycles. The van der Waals surface area contributed by atoms with E-state index in [4.69, 9.17) is 26.4 Å². The molecule has 0 spiro atoms. The number of quaternary nitrogens is 1. The van der Waals surface area contributed by atoms with Crippen LogP contribution >= 0.6 is 24.0 Å². The Hall–Kier alpha value is -1.61. The summed E-state index contributed by atoms with van der Waals surface area (Å²) in [6.07, 6.45) is 2.77. The van der Waals surface area contributed by atoms with Gasteiger partial charge in [0.05, 0.1) is 38.9 Å². The Morgan fingerprint density at radius 3 is 2.78 bits per heavy atom. The first-order valence-electron chi connectivity index (χ1n) is 9.01. The lowest BCUT2D eigenvalue weighted by atomic mass is 10.1. The predicted octanol–water partition coefficient (Wildman–Crippen LogP) is 1.21. The number of thiocarbonyl (C=S) groups is 1. The minimum Gasteiger partial charge on any atom is -0.497 e. The standard InChI is InChI=1S/C19H24N2O4S2/c1-23-15-5-4-14(16(13-15)24-2)12-17-18(22)21(19(26)27-17)7-3-6-20-8-10-25-11-9-20/h4-5,12-13H,3,6-11H2,1-2H3/p+1/b17-12+. The van der Waals surface area contributed by atoms with Crippen LogP contribution in [0, 0.1) is 0 Å². The van der Waals surface area contributed by atoms with Gasteiger partial charge in [-0.15, -0.1) is 0 Å². The first kappa shape index (κ1) is 20.1. The summed E-state index contributed by atoms with van der Waals surface area (Å²) in [5, 5.41) is 0. The molecule has 1 aromatic carbocycles. The molecule has 1 amide bonds. The molecule has 146 valence electrons. The number of nitrogens with one attached hydrogen (secondary N) is 1. The second-order valence-electron chi connectivity index (χ2n) is 6.41. The Kier molecular flexibility index (Phi) is 7.12. The highest BCUT2D eigenvalue weighted by Gasteiger charge is 2.32. The SMILES string of the molecule is COc1ccc(/C=C2/SC(=S)N(CCC[NH+]3CCOCC3)C2=O)c(OC)c1. The Morgan fingerprint density at radius 2 is 2.07 bits per heavy atom. The van der Waals surface area contributed by atoms with Crippen molar-refractivity contribution in [1.82, 2.24) is 4.90 Å². The van der Waals surface area contributed by atoms with E-state index >= 15 is 0 Å². The van der Waals surface area contributed by atoms with Crippen molar-refractivity contribution in [3.05, 3.63) is 28.7 Å². The summed E-state index contributed by atoms with van der Waals surface area (Å²) in [5.74, 6) is 1.34. The molecule has 3 rings (SSSR count). The highest BCUT2D eigenvalue weighted by Crippen LogP contribution is 2.35. The second kappa shape index (κ2) is 9.54. The molecule has 2 aliphatic rings. The molecule has 0 aromatic heterocycles. The smallest absolute Gasteiger partial charge is 0.266 e. The number of thioether (sulfide) groups is 1. The third-order valence-corrected chi connectivity index (χ3v) is 6.09. The topological polar surface area (TPSA) is 52.4 Å². The highest BCUT2D eigenvalue weighted by molar-refractivity contribution is 8.26. The number of methoxy groups -OCH3 is 2. The summed E-state index contributed by atoms with van der Waals surface area (Å²) in [6, 6.07) is 5.53. The number of ether oxygens (including phenoxy) is 3. The van der Waals surface area contributed by atoms with Crippen molar-refractivity contribution in [2.75, 3.05) is 53.6 Å². The summed E-state index contributed by atoms with van der Waals surface area (Å²) >= 11 is 6.78. The van der Waals surface area contributed by atoms with Crippen molar-refractivity contribution in [2.45, 2.75) is 6.42 Å². The van der Waals surface area contributed by atoms with Gasteiger partial charge in [0, 0.05) is 24.6 Å². The Labute approximate surface area is 169 Å². The fourth-order valence-electron chi connectivity index (χ4n) is 3.17. The van der Waals surface area contributed by atoms with Crippen LogP contribution in [-0.2, 0) is 9.53 Å². The van der Waals surface area contributed by atoms with Gasteiger partial charge < -0.3 is 19.1 Å². The van der Waals surface area contributed by atoms with Crippen molar-refractivity contribution in [3.63, 3.8) is 0 Å². The maximum Gasteiger partial charge on any atom is 0.266 e. The van der Waals surface area contributed by atoms with Crippen LogP contribution in [0.5, 0.6) is 11.5 Å². The van der Waals surface area contributed by atoms with Crippen LogP contribution in [0.3, 0.4) is 0 Å².